The maximum absolute atomic E-state index is 12.8. The molecular weight excluding hydrogens is 497 g/mol. The van der Waals surface area contributed by atoms with Crippen molar-refractivity contribution < 1.29 is 51.2 Å². The van der Waals surface area contributed by atoms with Gasteiger partial charge in [0.1, 0.15) is 0 Å². The zero-order valence-corrected chi connectivity index (χ0v) is 19.6. The third-order valence-electron chi connectivity index (χ3n) is 4.05. The van der Waals surface area contributed by atoms with E-state index in [2.05, 4.69) is 5.32 Å². The second kappa shape index (κ2) is 9.23. The van der Waals surface area contributed by atoms with Crippen LogP contribution in [0.4, 0.5) is 0 Å². The monoisotopic (exact) mass is 523 g/mol. The van der Waals surface area contributed by atoms with Gasteiger partial charge in [0.05, 0.1) is 32.6 Å². The van der Waals surface area contributed by atoms with Gasteiger partial charge in [-0.3, -0.25) is 13.9 Å². The average Bonchev–Trinajstić information content (AvgIpc) is 2.56. The second-order valence-electron chi connectivity index (χ2n) is 7.36. The minimum Gasteiger partial charge on any atom is -1.00 e. The van der Waals surface area contributed by atoms with Crippen molar-refractivity contribution in [1.82, 2.24) is 9.62 Å². The molecule has 0 aliphatic carbocycles. The van der Waals surface area contributed by atoms with Gasteiger partial charge in [0.15, 0.2) is 11.5 Å². The molecule has 0 spiro atoms. The van der Waals surface area contributed by atoms with Crippen LogP contribution in [-0.4, -0.2) is 70.4 Å². The first-order valence-corrected chi connectivity index (χ1v) is 9.99. The van der Waals surface area contributed by atoms with Crippen LogP contribution in [-0.2, 0) is 24.3 Å². The van der Waals surface area contributed by atoms with Gasteiger partial charge >= 0.3 is 5.97 Å². The zero-order valence-electron chi connectivity index (χ0n) is 16.7. The molecule has 0 atom stereocenters. The van der Waals surface area contributed by atoms with Gasteiger partial charge in [-0.2, -0.15) is 0 Å². The van der Waals surface area contributed by atoms with E-state index in [0.29, 0.717) is 6.54 Å². The summed E-state index contributed by atoms with van der Waals surface area (Å²) in [6.45, 7) is 2.42. The summed E-state index contributed by atoms with van der Waals surface area (Å²) < 4.78 is 32.4. The van der Waals surface area contributed by atoms with Crippen LogP contribution in [0.2, 0.25) is 0 Å². The van der Waals surface area contributed by atoms with E-state index in [1.54, 1.807) is 12.1 Å². The zero-order chi connectivity index (χ0) is 20.4. The summed E-state index contributed by atoms with van der Waals surface area (Å²) in [4.78, 5) is 24.3. The van der Waals surface area contributed by atoms with Gasteiger partial charge in [-0.15, -0.1) is 0 Å². The molecule has 1 aliphatic heterocycles. The van der Waals surface area contributed by atoms with E-state index in [1.807, 2.05) is 21.1 Å². The average molecular weight is 523 g/mol. The minimum atomic E-state index is -3.92. The highest BCUT2D eigenvalue weighted by Gasteiger charge is 2.39. The molecule has 1 N–H and O–H groups in total. The molecule has 10 heteroatoms. The highest BCUT2D eigenvalue weighted by Crippen LogP contribution is 2.36. The van der Waals surface area contributed by atoms with Crippen molar-refractivity contribution in [1.29, 1.82) is 0 Å². The maximum atomic E-state index is 12.8. The summed E-state index contributed by atoms with van der Waals surface area (Å²) in [5.74, 6) is -1.30. The summed E-state index contributed by atoms with van der Waals surface area (Å²) in [6, 6.07) is 6.13. The topological polar surface area (TPSA) is 92.8 Å². The van der Waals surface area contributed by atoms with E-state index in [0.717, 1.165) is 21.8 Å². The molecule has 1 amide bonds. The first kappa shape index (κ1) is 24.4. The molecule has 0 bridgehead atoms. The lowest BCUT2D eigenvalue weighted by Gasteiger charge is -2.30. The standard InChI is InChI=1S/C18H25N3O5S.HI/c1-13(22)26-17-14-9-6-7-10-15(14)27(24,25)20(2)16(17)18(23)19-11-8-12-21(3,4)5;/h6-7,9-10H,8,11-12H2,1-5H3;1H. The summed E-state index contributed by atoms with van der Waals surface area (Å²) in [5.41, 5.74) is -0.00328. The number of halogens is 1. The predicted octanol–water partition coefficient (Wildman–Crippen LogP) is -2.23. The largest absolute Gasteiger partial charge is 1.00 e. The Kier molecular flexibility index (Phi) is 8.03. The van der Waals surface area contributed by atoms with Crippen molar-refractivity contribution in [3.63, 3.8) is 0 Å². The van der Waals surface area contributed by atoms with Gasteiger partial charge in [0.25, 0.3) is 15.9 Å². The molecule has 0 saturated carbocycles. The normalized spacial score (nSPS) is 15.4. The molecule has 1 aromatic carbocycles. The molecule has 0 radical (unpaired) electrons. The third-order valence-corrected chi connectivity index (χ3v) is 5.87. The number of hydrogen-bond acceptors (Lipinski definition) is 5. The molecule has 1 aromatic rings. The van der Waals surface area contributed by atoms with Crippen molar-refractivity contribution in [2.24, 2.45) is 0 Å². The van der Waals surface area contributed by atoms with Gasteiger partial charge in [0.2, 0.25) is 0 Å². The fraction of sp³-hybridized carbons (Fsp3) is 0.444. The number of nitrogens with zero attached hydrogens (tertiary/aromatic N) is 2. The molecule has 0 aromatic heterocycles. The first-order valence-electron chi connectivity index (χ1n) is 8.55. The predicted molar refractivity (Wildman–Crippen MR) is 101 cm³/mol. The molecule has 0 unspecified atom stereocenters. The lowest BCUT2D eigenvalue weighted by atomic mass is 10.1. The number of sulfonamides is 1. The van der Waals surface area contributed by atoms with Crippen LogP contribution in [0.5, 0.6) is 0 Å². The summed E-state index contributed by atoms with van der Waals surface area (Å²) in [5, 5.41) is 2.72. The lowest BCUT2D eigenvalue weighted by molar-refractivity contribution is -0.870. The number of likely N-dealkylation sites (N-methyl/N-ethyl adjacent to an activating group) is 1. The Morgan fingerprint density at radius 3 is 2.36 bits per heavy atom. The van der Waals surface area contributed by atoms with Gasteiger partial charge in [0, 0.05) is 32.5 Å². The number of amides is 1. The lowest BCUT2D eigenvalue weighted by Crippen LogP contribution is -3.00. The minimum absolute atomic E-state index is 0. The number of hydrogen-bond donors (Lipinski definition) is 1. The molecule has 1 heterocycles. The highest BCUT2D eigenvalue weighted by atomic mass is 127. The van der Waals surface area contributed by atoms with Gasteiger partial charge in [-0.1, -0.05) is 12.1 Å². The van der Waals surface area contributed by atoms with E-state index >= 15 is 0 Å². The van der Waals surface area contributed by atoms with Crippen molar-refractivity contribution >= 4 is 27.7 Å². The Bertz CT molecular complexity index is 891. The van der Waals surface area contributed by atoms with Crippen molar-refractivity contribution in [2.45, 2.75) is 18.2 Å². The van der Waals surface area contributed by atoms with Gasteiger partial charge < -0.3 is 38.5 Å². The van der Waals surface area contributed by atoms with E-state index in [9.17, 15) is 18.0 Å². The number of quaternary nitrogens is 1. The van der Waals surface area contributed by atoms with Crippen LogP contribution in [0.15, 0.2) is 34.9 Å². The fourth-order valence-electron chi connectivity index (χ4n) is 2.75. The first-order chi connectivity index (χ1) is 12.4. The number of carbonyl (C=O) groups is 2. The number of esters is 1. The van der Waals surface area contributed by atoms with Crippen LogP contribution in [0.1, 0.15) is 18.9 Å². The number of rotatable bonds is 6. The van der Waals surface area contributed by atoms with Gasteiger partial charge in [-0.25, -0.2) is 8.42 Å². The number of ether oxygens (including phenoxy) is 1. The SMILES string of the molecule is CC(=O)OC1=C(C(=O)NCCC[N+](C)(C)C)N(C)S(=O)(=O)c2ccccc21.[I-]. The molecular formula is C18H26IN3O5S. The van der Waals surface area contributed by atoms with E-state index in [4.69, 9.17) is 4.74 Å². The van der Waals surface area contributed by atoms with Crippen molar-refractivity contribution in [3.8, 4) is 0 Å². The van der Waals surface area contributed by atoms with Crippen LogP contribution < -0.4 is 29.3 Å². The van der Waals surface area contributed by atoms with Crippen LogP contribution in [0.25, 0.3) is 5.76 Å². The Labute approximate surface area is 183 Å². The fourth-order valence-corrected chi connectivity index (χ4v) is 4.14. The maximum Gasteiger partial charge on any atom is 0.308 e. The highest BCUT2D eigenvalue weighted by molar-refractivity contribution is 7.89. The molecule has 156 valence electrons. The Hall–Kier alpha value is -1.66. The second-order valence-corrected chi connectivity index (χ2v) is 9.30. The number of nitrogens with one attached hydrogen (secondary N) is 1. The molecule has 0 fully saturated rings. The van der Waals surface area contributed by atoms with E-state index < -0.39 is 21.9 Å². The van der Waals surface area contributed by atoms with Gasteiger partial charge in [-0.05, 0) is 12.1 Å². The smallest absolute Gasteiger partial charge is 0.308 e. The summed E-state index contributed by atoms with van der Waals surface area (Å²) in [7, 11) is 3.49. The molecule has 2 rings (SSSR count). The Morgan fingerprint density at radius 2 is 1.79 bits per heavy atom. The van der Waals surface area contributed by atoms with Crippen LogP contribution in [0, 0.1) is 0 Å². The van der Waals surface area contributed by atoms with Crippen molar-refractivity contribution in [3.05, 3.63) is 35.5 Å². The molecule has 1 aliphatic rings. The van der Waals surface area contributed by atoms with Crippen LogP contribution >= 0.6 is 0 Å². The van der Waals surface area contributed by atoms with Crippen molar-refractivity contribution in [2.75, 3.05) is 41.3 Å². The third kappa shape index (κ3) is 5.45. The van der Waals surface area contributed by atoms with E-state index in [-0.39, 0.29) is 45.9 Å². The molecule has 8 nitrogen and oxygen atoms in total. The summed E-state index contributed by atoms with van der Waals surface area (Å²) >= 11 is 0. The molecule has 0 saturated heterocycles. The number of carbonyl (C=O) groups excluding carboxylic acids is 2. The Morgan fingerprint density at radius 1 is 1.18 bits per heavy atom. The molecule has 28 heavy (non-hydrogen) atoms. The van der Waals surface area contributed by atoms with E-state index in [1.165, 1.54) is 26.1 Å². The Balaban J connectivity index is 0.00000392. The quantitative estimate of drug-likeness (QED) is 0.197. The number of fused-ring (bicyclic) bond motifs is 1. The summed E-state index contributed by atoms with van der Waals surface area (Å²) in [6.07, 6.45) is 0.721. The number of benzene rings is 1. The van der Waals surface area contributed by atoms with Crippen LogP contribution in [0.3, 0.4) is 0 Å².